The Morgan fingerprint density at radius 2 is 1.95 bits per heavy atom. The Hall–Kier alpha value is -1.49. The minimum absolute atomic E-state index is 0.000855. The first-order valence-electron chi connectivity index (χ1n) is 7.85. The number of carbonyl (C=O) groups is 2. The predicted molar refractivity (Wildman–Crippen MR) is 83.8 cm³/mol. The van der Waals surface area contributed by atoms with E-state index in [2.05, 4.69) is 12.1 Å². The molecule has 3 aliphatic rings. The Labute approximate surface area is 133 Å². The van der Waals surface area contributed by atoms with Gasteiger partial charge in [-0.15, -0.1) is 11.8 Å². The number of hydrogen-bond acceptors (Lipinski definition) is 3. The van der Waals surface area contributed by atoms with Crippen molar-refractivity contribution in [2.24, 2.45) is 11.3 Å². The molecule has 4 nitrogen and oxygen atoms in total. The van der Waals surface area contributed by atoms with Crippen LogP contribution in [0.5, 0.6) is 0 Å². The van der Waals surface area contributed by atoms with Crippen LogP contribution in [0.3, 0.4) is 0 Å². The van der Waals surface area contributed by atoms with Crippen molar-refractivity contribution in [2.45, 2.75) is 35.8 Å². The number of fused-ring (bicyclic) bond motifs is 1. The number of thioether (sulfide) groups is 1. The quantitative estimate of drug-likeness (QED) is 0.910. The van der Waals surface area contributed by atoms with E-state index in [0.717, 1.165) is 38.8 Å². The van der Waals surface area contributed by atoms with E-state index in [4.69, 9.17) is 5.11 Å². The second kappa shape index (κ2) is 5.01. The number of carboxylic acid groups (broad SMARTS) is 1. The van der Waals surface area contributed by atoms with E-state index in [1.165, 1.54) is 10.5 Å². The summed E-state index contributed by atoms with van der Waals surface area (Å²) >= 11 is 1.67. The fourth-order valence-electron chi connectivity index (χ4n) is 3.95. The largest absolute Gasteiger partial charge is 0.481 e. The van der Waals surface area contributed by atoms with Crippen LogP contribution in [0.25, 0.3) is 0 Å². The van der Waals surface area contributed by atoms with Gasteiger partial charge in [0.05, 0.1) is 11.2 Å². The summed E-state index contributed by atoms with van der Waals surface area (Å²) in [6.45, 7) is 1.44. The molecule has 1 aromatic rings. The first kappa shape index (κ1) is 14.1. The molecule has 22 heavy (non-hydrogen) atoms. The Balaban J connectivity index is 1.37. The molecule has 0 aromatic heterocycles. The molecule has 1 amide bonds. The van der Waals surface area contributed by atoms with Gasteiger partial charge in [0.1, 0.15) is 0 Å². The van der Waals surface area contributed by atoms with Crippen molar-refractivity contribution >= 4 is 23.6 Å². The number of carbonyl (C=O) groups excluding carboxylic acids is 1. The van der Waals surface area contributed by atoms with Crippen LogP contribution in [0, 0.1) is 11.3 Å². The molecule has 2 atom stereocenters. The molecule has 1 saturated heterocycles. The van der Waals surface area contributed by atoms with E-state index < -0.39 is 5.97 Å². The monoisotopic (exact) mass is 317 g/mol. The van der Waals surface area contributed by atoms with Crippen LogP contribution in [-0.2, 0) is 16.0 Å². The molecule has 1 aromatic carbocycles. The number of carboxylic acids is 1. The summed E-state index contributed by atoms with van der Waals surface area (Å²) in [5.74, 6) is -0.611. The smallest absolute Gasteiger partial charge is 0.307 e. The summed E-state index contributed by atoms with van der Waals surface area (Å²) in [5.41, 5.74) is 1.27. The standard InChI is InChI=1S/C17H19NO3S/c19-15(14-9-11-3-1-2-4-13(11)22-14)18-7-5-17(6-8-18)10-12(17)16(20)21/h1-4,12,14H,5-10H2,(H,20,21). The number of rotatable bonds is 2. The van der Waals surface area contributed by atoms with E-state index >= 15 is 0 Å². The van der Waals surface area contributed by atoms with E-state index in [1.54, 1.807) is 11.8 Å². The minimum atomic E-state index is -0.665. The third kappa shape index (κ3) is 2.22. The van der Waals surface area contributed by atoms with Gasteiger partial charge in [0.25, 0.3) is 0 Å². The van der Waals surface area contributed by atoms with Crippen molar-refractivity contribution < 1.29 is 14.7 Å². The fourth-order valence-corrected chi connectivity index (χ4v) is 5.22. The van der Waals surface area contributed by atoms with E-state index in [1.807, 2.05) is 17.0 Å². The molecule has 0 radical (unpaired) electrons. The first-order valence-corrected chi connectivity index (χ1v) is 8.73. The predicted octanol–water partition coefficient (Wildman–Crippen LogP) is 2.42. The lowest BCUT2D eigenvalue weighted by Crippen LogP contribution is -2.43. The third-order valence-electron chi connectivity index (χ3n) is 5.48. The van der Waals surface area contributed by atoms with Crippen molar-refractivity contribution in [1.29, 1.82) is 0 Å². The van der Waals surface area contributed by atoms with Gasteiger partial charge in [0.15, 0.2) is 0 Å². The number of likely N-dealkylation sites (tertiary alicyclic amines) is 1. The van der Waals surface area contributed by atoms with Gasteiger partial charge in [-0.3, -0.25) is 9.59 Å². The molecule has 116 valence electrons. The molecule has 1 aliphatic carbocycles. The van der Waals surface area contributed by atoms with Gasteiger partial charge in [0, 0.05) is 18.0 Å². The molecule has 1 N–H and O–H groups in total. The fraction of sp³-hybridized carbons (Fsp3) is 0.529. The molecule has 2 aliphatic heterocycles. The lowest BCUT2D eigenvalue weighted by atomic mass is 9.90. The molecule has 1 saturated carbocycles. The van der Waals surface area contributed by atoms with Crippen LogP contribution in [0.15, 0.2) is 29.2 Å². The van der Waals surface area contributed by atoms with Crippen LogP contribution < -0.4 is 0 Å². The van der Waals surface area contributed by atoms with Crippen LogP contribution in [0.2, 0.25) is 0 Å². The van der Waals surface area contributed by atoms with E-state index in [0.29, 0.717) is 0 Å². The van der Waals surface area contributed by atoms with E-state index in [9.17, 15) is 9.59 Å². The molecule has 5 heteroatoms. The zero-order valence-corrected chi connectivity index (χ0v) is 13.1. The lowest BCUT2D eigenvalue weighted by molar-refractivity contribution is -0.139. The third-order valence-corrected chi connectivity index (χ3v) is 6.79. The summed E-state index contributed by atoms with van der Waals surface area (Å²) in [6, 6.07) is 8.22. The number of aliphatic carboxylic acids is 1. The Kier molecular flexibility index (Phi) is 3.22. The SMILES string of the molecule is O=C(O)C1CC12CCN(C(=O)C1Cc3ccccc3S1)CC2. The highest BCUT2D eigenvalue weighted by Gasteiger charge is 2.59. The number of hydrogen-bond donors (Lipinski definition) is 1. The zero-order chi connectivity index (χ0) is 15.3. The van der Waals surface area contributed by atoms with Gasteiger partial charge >= 0.3 is 5.97 Å². The number of nitrogens with zero attached hydrogens (tertiary/aromatic N) is 1. The van der Waals surface area contributed by atoms with Crippen LogP contribution in [-0.4, -0.2) is 40.2 Å². The molecule has 2 fully saturated rings. The zero-order valence-electron chi connectivity index (χ0n) is 12.3. The van der Waals surface area contributed by atoms with Crippen molar-refractivity contribution in [3.8, 4) is 0 Å². The maximum atomic E-state index is 12.7. The van der Waals surface area contributed by atoms with Crippen LogP contribution >= 0.6 is 11.8 Å². The Bertz CT molecular complexity index is 612. The lowest BCUT2D eigenvalue weighted by Gasteiger charge is -2.34. The highest BCUT2D eigenvalue weighted by Crippen LogP contribution is 2.59. The molecule has 4 rings (SSSR count). The van der Waals surface area contributed by atoms with Gasteiger partial charge in [-0.1, -0.05) is 18.2 Å². The Morgan fingerprint density at radius 3 is 2.59 bits per heavy atom. The number of amides is 1. The normalized spacial score (nSPS) is 28.5. The van der Waals surface area contributed by atoms with Gasteiger partial charge in [0.2, 0.25) is 5.91 Å². The van der Waals surface area contributed by atoms with Crippen molar-refractivity contribution in [3.63, 3.8) is 0 Å². The molecule has 1 spiro atoms. The van der Waals surface area contributed by atoms with Gasteiger partial charge < -0.3 is 10.0 Å². The maximum Gasteiger partial charge on any atom is 0.307 e. The average molecular weight is 317 g/mol. The molecular formula is C17H19NO3S. The average Bonchev–Trinajstić information content (AvgIpc) is 3.06. The summed E-state index contributed by atoms with van der Waals surface area (Å²) in [7, 11) is 0. The summed E-state index contributed by atoms with van der Waals surface area (Å²) in [6.07, 6.45) is 3.31. The topological polar surface area (TPSA) is 57.6 Å². The van der Waals surface area contributed by atoms with E-state index in [-0.39, 0.29) is 22.5 Å². The van der Waals surface area contributed by atoms with Gasteiger partial charge in [-0.2, -0.15) is 0 Å². The molecule has 0 bridgehead atoms. The maximum absolute atomic E-state index is 12.7. The van der Waals surface area contributed by atoms with Crippen LogP contribution in [0.4, 0.5) is 0 Å². The van der Waals surface area contributed by atoms with Crippen molar-refractivity contribution in [1.82, 2.24) is 4.90 Å². The summed E-state index contributed by atoms with van der Waals surface area (Å²) in [4.78, 5) is 27.0. The van der Waals surface area contributed by atoms with Gasteiger partial charge in [-0.05, 0) is 42.7 Å². The van der Waals surface area contributed by atoms with Crippen molar-refractivity contribution in [2.75, 3.05) is 13.1 Å². The highest BCUT2D eigenvalue weighted by atomic mass is 32.2. The minimum Gasteiger partial charge on any atom is -0.481 e. The highest BCUT2D eigenvalue weighted by molar-refractivity contribution is 8.01. The summed E-state index contributed by atoms with van der Waals surface area (Å²) in [5, 5.41) is 9.14. The molecule has 2 unspecified atom stereocenters. The van der Waals surface area contributed by atoms with Gasteiger partial charge in [-0.25, -0.2) is 0 Å². The van der Waals surface area contributed by atoms with Crippen LogP contribution in [0.1, 0.15) is 24.8 Å². The molecule has 2 heterocycles. The molecular weight excluding hydrogens is 298 g/mol. The van der Waals surface area contributed by atoms with Crippen molar-refractivity contribution in [3.05, 3.63) is 29.8 Å². The second-order valence-corrected chi connectivity index (χ2v) is 7.95. The summed E-state index contributed by atoms with van der Waals surface area (Å²) < 4.78 is 0. The number of piperidine rings is 1. The Morgan fingerprint density at radius 1 is 1.23 bits per heavy atom. The number of benzene rings is 1. The second-order valence-electron chi connectivity index (χ2n) is 6.70. The first-order chi connectivity index (χ1) is 10.6.